The number of carbonyl (C=O) groups is 1. The number of aliphatic hydroxyl groups is 1. The van der Waals surface area contributed by atoms with Crippen LogP contribution in [0.3, 0.4) is 0 Å². The highest BCUT2D eigenvalue weighted by atomic mass is 16.3. The minimum atomic E-state index is -0.343. The van der Waals surface area contributed by atoms with Crippen LogP contribution in [0.5, 0.6) is 0 Å². The van der Waals surface area contributed by atoms with Crippen LogP contribution in [-0.4, -0.2) is 35.7 Å². The third-order valence-electron chi connectivity index (χ3n) is 3.43. The molecule has 1 saturated heterocycles. The molecule has 86 valence electrons. The zero-order chi connectivity index (χ0) is 10.7. The van der Waals surface area contributed by atoms with E-state index in [-0.39, 0.29) is 24.1 Å². The Hall–Kier alpha value is -0.610. The molecule has 3 atom stereocenters. The minimum absolute atomic E-state index is 0.0198. The minimum Gasteiger partial charge on any atom is -0.391 e. The van der Waals surface area contributed by atoms with Gasteiger partial charge in [0, 0.05) is 0 Å². The zero-order valence-electron chi connectivity index (χ0n) is 9.04. The van der Waals surface area contributed by atoms with Crippen molar-refractivity contribution >= 4 is 5.91 Å². The molecule has 0 spiro atoms. The molecule has 0 bridgehead atoms. The Labute approximate surface area is 90.4 Å². The molecule has 1 amide bonds. The Balaban J connectivity index is 1.81. The Morgan fingerprint density at radius 3 is 2.67 bits per heavy atom. The number of aliphatic hydroxyl groups excluding tert-OH is 1. The maximum atomic E-state index is 11.8. The van der Waals surface area contributed by atoms with Crippen molar-refractivity contribution in [2.24, 2.45) is 0 Å². The Morgan fingerprint density at radius 2 is 2.00 bits per heavy atom. The number of nitrogens with one attached hydrogen (secondary N) is 2. The van der Waals surface area contributed by atoms with Gasteiger partial charge in [0.25, 0.3) is 0 Å². The second kappa shape index (κ2) is 4.94. The average Bonchev–Trinajstić information content (AvgIpc) is 2.74. The molecular formula is C11H20N2O2. The van der Waals surface area contributed by atoms with E-state index < -0.39 is 0 Å². The first kappa shape index (κ1) is 10.9. The topological polar surface area (TPSA) is 61.4 Å². The van der Waals surface area contributed by atoms with E-state index in [9.17, 15) is 9.90 Å². The molecule has 1 saturated carbocycles. The molecule has 15 heavy (non-hydrogen) atoms. The summed E-state index contributed by atoms with van der Waals surface area (Å²) >= 11 is 0. The SMILES string of the molecule is O=C(N[C@@H]1CCCC[C@H]1O)[C@H]1CCCN1. The monoisotopic (exact) mass is 212 g/mol. The first-order chi connectivity index (χ1) is 7.27. The maximum Gasteiger partial charge on any atom is 0.237 e. The summed E-state index contributed by atoms with van der Waals surface area (Å²) in [6.45, 7) is 0.936. The molecule has 4 heteroatoms. The molecule has 0 aromatic rings. The smallest absolute Gasteiger partial charge is 0.237 e. The summed E-state index contributed by atoms with van der Waals surface area (Å²) in [6.07, 6.45) is 5.59. The van der Waals surface area contributed by atoms with E-state index in [4.69, 9.17) is 0 Å². The number of carbonyl (C=O) groups excluding carboxylic acids is 1. The van der Waals surface area contributed by atoms with Crippen molar-refractivity contribution in [1.82, 2.24) is 10.6 Å². The van der Waals surface area contributed by atoms with Gasteiger partial charge in [0.15, 0.2) is 0 Å². The molecule has 3 N–H and O–H groups in total. The standard InChI is InChI=1S/C11H20N2O2/c14-10-6-2-1-4-8(10)13-11(15)9-5-3-7-12-9/h8-10,12,14H,1-7H2,(H,13,15)/t8-,9-,10-/m1/s1. The van der Waals surface area contributed by atoms with Gasteiger partial charge in [-0.05, 0) is 32.2 Å². The summed E-state index contributed by atoms with van der Waals surface area (Å²) in [7, 11) is 0. The summed E-state index contributed by atoms with van der Waals surface area (Å²) in [5.41, 5.74) is 0. The van der Waals surface area contributed by atoms with E-state index in [0.717, 1.165) is 45.1 Å². The molecule has 0 radical (unpaired) electrons. The van der Waals surface area contributed by atoms with E-state index in [1.165, 1.54) is 0 Å². The van der Waals surface area contributed by atoms with Crippen molar-refractivity contribution in [2.75, 3.05) is 6.54 Å². The molecule has 2 fully saturated rings. The molecule has 1 aliphatic carbocycles. The predicted octanol–water partition coefficient (Wildman–Crippen LogP) is 0.158. The second-order valence-electron chi connectivity index (χ2n) is 4.62. The molecule has 2 aliphatic rings. The fourth-order valence-corrected chi connectivity index (χ4v) is 2.47. The van der Waals surface area contributed by atoms with Gasteiger partial charge in [0.05, 0.1) is 18.2 Å². The van der Waals surface area contributed by atoms with Crippen LogP contribution in [0.4, 0.5) is 0 Å². The van der Waals surface area contributed by atoms with Crippen LogP contribution in [0.25, 0.3) is 0 Å². The largest absolute Gasteiger partial charge is 0.391 e. The Morgan fingerprint density at radius 1 is 1.20 bits per heavy atom. The quantitative estimate of drug-likeness (QED) is 0.611. The van der Waals surface area contributed by atoms with Gasteiger partial charge in [-0.1, -0.05) is 12.8 Å². The highest BCUT2D eigenvalue weighted by Crippen LogP contribution is 2.18. The Bertz CT molecular complexity index is 227. The van der Waals surface area contributed by atoms with Gasteiger partial charge in [0.1, 0.15) is 0 Å². The van der Waals surface area contributed by atoms with Gasteiger partial charge in [-0.15, -0.1) is 0 Å². The van der Waals surface area contributed by atoms with Crippen LogP contribution in [0.2, 0.25) is 0 Å². The highest BCUT2D eigenvalue weighted by Gasteiger charge is 2.28. The molecule has 0 aromatic heterocycles. The zero-order valence-corrected chi connectivity index (χ0v) is 9.04. The van der Waals surface area contributed by atoms with Crippen LogP contribution < -0.4 is 10.6 Å². The van der Waals surface area contributed by atoms with E-state index in [2.05, 4.69) is 10.6 Å². The van der Waals surface area contributed by atoms with Crippen molar-refractivity contribution in [1.29, 1.82) is 0 Å². The molecule has 4 nitrogen and oxygen atoms in total. The summed E-state index contributed by atoms with van der Waals surface area (Å²) in [6, 6.07) is -0.0484. The first-order valence-electron chi connectivity index (χ1n) is 5.99. The van der Waals surface area contributed by atoms with Crippen molar-refractivity contribution < 1.29 is 9.90 Å². The summed E-state index contributed by atoms with van der Waals surface area (Å²) < 4.78 is 0. The number of amides is 1. The molecule has 2 rings (SSSR count). The lowest BCUT2D eigenvalue weighted by Gasteiger charge is -2.29. The fourth-order valence-electron chi connectivity index (χ4n) is 2.47. The van der Waals surface area contributed by atoms with E-state index >= 15 is 0 Å². The summed E-state index contributed by atoms with van der Waals surface area (Å²) in [5.74, 6) is 0.0680. The molecule has 1 aliphatic heterocycles. The summed E-state index contributed by atoms with van der Waals surface area (Å²) in [4.78, 5) is 11.8. The van der Waals surface area contributed by atoms with Crippen LogP contribution in [-0.2, 0) is 4.79 Å². The van der Waals surface area contributed by atoms with Gasteiger partial charge in [-0.3, -0.25) is 4.79 Å². The van der Waals surface area contributed by atoms with Gasteiger partial charge in [0.2, 0.25) is 5.91 Å². The normalized spacial score (nSPS) is 36.5. The second-order valence-corrected chi connectivity index (χ2v) is 4.62. The third-order valence-corrected chi connectivity index (χ3v) is 3.43. The van der Waals surface area contributed by atoms with Crippen LogP contribution >= 0.6 is 0 Å². The van der Waals surface area contributed by atoms with E-state index in [1.807, 2.05) is 0 Å². The van der Waals surface area contributed by atoms with E-state index in [0.29, 0.717) is 0 Å². The van der Waals surface area contributed by atoms with Crippen molar-refractivity contribution in [3.63, 3.8) is 0 Å². The van der Waals surface area contributed by atoms with Gasteiger partial charge in [-0.25, -0.2) is 0 Å². The van der Waals surface area contributed by atoms with Gasteiger partial charge >= 0.3 is 0 Å². The molecular weight excluding hydrogens is 192 g/mol. The lowest BCUT2D eigenvalue weighted by atomic mass is 9.92. The van der Waals surface area contributed by atoms with Crippen molar-refractivity contribution in [2.45, 2.75) is 56.7 Å². The van der Waals surface area contributed by atoms with Gasteiger partial charge < -0.3 is 15.7 Å². The van der Waals surface area contributed by atoms with Crippen molar-refractivity contribution in [3.8, 4) is 0 Å². The molecule has 1 heterocycles. The van der Waals surface area contributed by atoms with Crippen molar-refractivity contribution in [3.05, 3.63) is 0 Å². The third kappa shape index (κ3) is 2.69. The Kier molecular flexibility index (Phi) is 3.59. The first-order valence-corrected chi connectivity index (χ1v) is 5.99. The number of hydrogen-bond donors (Lipinski definition) is 3. The number of rotatable bonds is 2. The van der Waals surface area contributed by atoms with E-state index in [1.54, 1.807) is 0 Å². The highest BCUT2D eigenvalue weighted by molar-refractivity contribution is 5.82. The summed E-state index contributed by atoms with van der Waals surface area (Å²) in [5, 5.41) is 15.9. The van der Waals surface area contributed by atoms with Gasteiger partial charge in [-0.2, -0.15) is 0 Å². The average molecular weight is 212 g/mol. The fraction of sp³-hybridized carbons (Fsp3) is 0.909. The van der Waals surface area contributed by atoms with Crippen LogP contribution in [0.15, 0.2) is 0 Å². The molecule has 0 unspecified atom stereocenters. The van der Waals surface area contributed by atoms with Crippen LogP contribution in [0.1, 0.15) is 38.5 Å². The molecule has 0 aromatic carbocycles. The van der Waals surface area contributed by atoms with Crippen LogP contribution in [0, 0.1) is 0 Å². The lowest BCUT2D eigenvalue weighted by Crippen LogP contribution is -2.50. The number of hydrogen-bond acceptors (Lipinski definition) is 3. The predicted molar refractivity (Wildman–Crippen MR) is 57.4 cm³/mol. The maximum absolute atomic E-state index is 11.8. The lowest BCUT2D eigenvalue weighted by molar-refractivity contribution is -0.124.